The molecule has 1 saturated carbocycles. The lowest BCUT2D eigenvalue weighted by atomic mass is 9.88. The summed E-state index contributed by atoms with van der Waals surface area (Å²) in [5.41, 5.74) is 5.99. The fourth-order valence-corrected chi connectivity index (χ4v) is 2.48. The number of carbonyl (C=O) groups is 1. The van der Waals surface area contributed by atoms with E-state index >= 15 is 0 Å². The van der Waals surface area contributed by atoms with E-state index in [1.807, 2.05) is 31.2 Å². The number of amides is 1. The van der Waals surface area contributed by atoms with E-state index in [0.717, 1.165) is 37.1 Å². The van der Waals surface area contributed by atoms with Crippen molar-refractivity contribution in [2.75, 3.05) is 18.5 Å². The van der Waals surface area contributed by atoms with Crippen molar-refractivity contribution in [2.45, 2.75) is 32.6 Å². The molecule has 1 aliphatic rings. The first-order valence-corrected chi connectivity index (χ1v) is 6.88. The smallest absolute Gasteiger partial charge is 0.230 e. The molecule has 0 atom stereocenters. The summed E-state index contributed by atoms with van der Waals surface area (Å²) in [5, 5.41) is 2.99. The van der Waals surface area contributed by atoms with E-state index in [-0.39, 0.29) is 11.3 Å². The van der Waals surface area contributed by atoms with Crippen LogP contribution in [0.5, 0.6) is 5.75 Å². The van der Waals surface area contributed by atoms with E-state index in [0.29, 0.717) is 13.2 Å². The number of nitrogens with one attached hydrogen (secondary N) is 1. The van der Waals surface area contributed by atoms with Crippen LogP contribution in [-0.2, 0) is 4.79 Å². The minimum Gasteiger partial charge on any atom is -0.492 e. The first-order valence-electron chi connectivity index (χ1n) is 6.88. The Bertz CT molecular complexity index is 422. The molecule has 4 heteroatoms. The Morgan fingerprint density at radius 3 is 2.53 bits per heavy atom. The van der Waals surface area contributed by atoms with Gasteiger partial charge in [0.15, 0.2) is 0 Å². The van der Waals surface area contributed by atoms with Gasteiger partial charge < -0.3 is 15.8 Å². The zero-order valence-electron chi connectivity index (χ0n) is 11.4. The van der Waals surface area contributed by atoms with Crippen LogP contribution in [0.3, 0.4) is 0 Å². The van der Waals surface area contributed by atoms with Crippen LogP contribution in [0, 0.1) is 5.41 Å². The predicted molar refractivity (Wildman–Crippen MR) is 76.2 cm³/mol. The number of anilines is 1. The number of benzene rings is 1. The average Bonchev–Trinajstić information content (AvgIpc) is 2.86. The Morgan fingerprint density at radius 1 is 1.32 bits per heavy atom. The first kappa shape index (κ1) is 13.9. The van der Waals surface area contributed by atoms with Crippen molar-refractivity contribution < 1.29 is 9.53 Å². The van der Waals surface area contributed by atoms with Crippen LogP contribution in [0.2, 0.25) is 0 Å². The molecule has 1 amide bonds. The highest BCUT2D eigenvalue weighted by Crippen LogP contribution is 2.38. The monoisotopic (exact) mass is 262 g/mol. The number of rotatable bonds is 5. The minimum absolute atomic E-state index is 0.126. The summed E-state index contributed by atoms with van der Waals surface area (Å²) in [7, 11) is 0. The quantitative estimate of drug-likeness (QED) is 0.857. The number of nitrogens with two attached hydrogens (primary N) is 1. The van der Waals surface area contributed by atoms with Crippen LogP contribution in [0.15, 0.2) is 24.3 Å². The van der Waals surface area contributed by atoms with Gasteiger partial charge in [-0.25, -0.2) is 0 Å². The SMILES string of the molecule is CC1(C(=O)Nc2ccc(OCCN)cc2)CCCC1. The van der Waals surface area contributed by atoms with E-state index in [1.165, 1.54) is 0 Å². The molecule has 4 nitrogen and oxygen atoms in total. The topological polar surface area (TPSA) is 64.3 Å². The van der Waals surface area contributed by atoms with Crippen LogP contribution >= 0.6 is 0 Å². The molecule has 2 rings (SSSR count). The van der Waals surface area contributed by atoms with Crippen LogP contribution in [0.25, 0.3) is 0 Å². The standard InChI is InChI=1S/C15H22N2O2/c1-15(8-2-3-9-15)14(18)17-12-4-6-13(7-5-12)19-11-10-16/h4-7H,2-3,8-11,16H2,1H3,(H,17,18). The molecule has 19 heavy (non-hydrogen) atoms. The van der Waals surface area contributed by atoms with Crippen molar-refractivity contribution in [1.29, 1.82) is 0 Å². The molecule has 0 aromatic heterocycles. The van der Waals surface area contributed by atoms with Crippen molar-refractivity contribution in [1.82, 2.24) is 0 Å². The van der Waals surface area contributed by atoms with Crippen molar-refractivity contribution in [2.24, 2.45) is 11.1 Å². The zero-order chi connectivity index (χ0) is 13.7. The summed E-state index contributed by atoms with van der Waals surface area (Å²) in [5.74, 6) is 0.899. The van der Waals surface area contributed by atoms with Gasteiger partial charge in [-0.15, -0.1) is 0 Å². The molecule has 0 radical (unpaired) electrons. The van der Waals surface area contributed by atoms with Crippen molar-refractivity contribution in [3.05, 3.63) is 24.3 Å². The highest BCUT2D eigenvalue weighted by Gasteiger charge is 2.36. The average molecular weight is 262 g/mol. The van der Waals surface area contributed by atoms with Crippen molar-refractivity contribution in [3.63, 3.8) is 0 Å². The second-order valence-electron chi connectivity index (χ2n) is 5.38. The minimum atomic E-state index is -0.200. The third-order valence-corrected chi connectivity index (χ3v) is 3.75. The summed E-state index contributed by atoms with van der Waals surface area (Å²) in [6.07, 6.45) is 4.26. The molecule has 0 bridgehead atoms. The van der Waals surface area contributed by atoms with Gasteiger partial charge in [-0.3, -0.25) is 4.79 Å². The second-order valence-corrected chi connectivity index (χ2v) is 5.38. The molecule has 0 unspecified atom stereocenters. The highest BCUT2D eigenvalue weighted by atomic mass is 16.5. The van der Waals surface area contributed by atoms with Gasteiger partial charge in [-0.1, -0.05) is 19.8 Å². The molecule has 3 N–H and O–H groups in total. The maximum Gasteiger partial charge on any atom is 0.230 e. The Labute approximate surface area is 114 Å². The molecule has 0 saturated heterocycles. The second kappa shape index (κ2) is 6.06. The molecule has 0 aliphatic heterocycles. The van der Waals surface area contributed by atoms with E-state index in [1.54, 1.807) is 0 Å². The third kappa shape index (κ3) is 3.47. The summed E-state index contributed by atoms with van der Waals surface area (Å²) < 4.78 is 5.40. The van der Waals surface area contributed by atoms with Gasteiger partial charge in [-0.05, 0) is 37.1 Å². The first-order chi connectivity index (χ1) is 9.14. The van der Waals surface area contributed by atoms with E-state index in [9.17, 15) is 4.79 Å². The Hall–Kier alpha value is -1.55. The van der Waals surface area contributed by atoms with Crippen LogP contribution in [0.4, 0.5) is 5.69 Å². The fraction of sp³-hybridized carbons (Fsp3) is 0.533. The molecule has 1 aromatic carbocycles. The molecular formula is C15H22N2O2. The Morgan fingerprint density at radius 2 is 1.95 bits per heavy atom. The molecule has 0 spiro atoms. The molecule has 1 aromatic rings. The number of hydrogen-bond acceptors (Lipinski definition) is 3. The summed E-state index contributed by atoms with van der Waals surface area (Å²) in [6.45, 7) is 3.05. The van der Waals surface area contributed by atoms with E-state index in [4.69, 9.17) is 10.5 Å². The van der Waals surface area contributed by atoms with Gasteiger partial charge >= 0.3 is 0 Å². The number of ether oxygens (including phenoxy) is 1. The van der Waals surface area contributed by atoms with E-state index in [2.05, 4.69) is 5.32 Å². The summed E-state index contributed by atoms with van der Waals surface area (Å²) >= 11 is 0. The van der Waals surface area contributed by atoms with Gasteiger partial charge in [0.1, 0.15) is 12.4 Å². The number of hydrogen-bond donors (Lipinski definition) is 2. The lowest BCUT2D eigenvalue weighted by Crippen LogP contribution is -2.30. The maximum absolute atomic E-state index is 12.2. The van der Waals surface area contributed by atoms with Gasteiger partial charge in [0.05, 0.1) is 0 Å². The number of carbonyl (C=O) groups excluding carboxylic acids is 1. The van der Waals surface area contributed by atoms with Gasteiger partial charge in [-0.2, -0.15) is 0 Å². The molecule has 1 fully saturated rings. The molecule has 0 heterocycles. The Balaban J connectivity index is 1.93. The van der Waals surface area contributed by atoms with Crippen LogP contribution in [0.1, 0.15) is 32.6 Å². The van der Waals surface area contributed by atoms with Gasteiger partial charge in [0.25, 0.3) is 0 Å². The van der Waals surface area contributed by atoms with Gasteiger partial charge in [0.2, 0.25) is 5.91 Å². The fourth-order valence-electron chi connectivity index (χ4n) is 2.48. The third-order valence-electron chi connectivity index (χ3n) is 3.75. The summed E-state index contributed by atoms with van der Waals surface area (Å²) in [4.78, 5) is 12.2. The molecule has 1 aliphatic carbocycles. The highest BCUT2D eigenvalue weighted by molar-refractivity contribution is 5.95. The lowest BCUT2D eigenvalue weighted by molar-refractivity contribution is -0.124. The molecular weight excluding hydrogens is 240 g/mol. The maximum atomic E-state index is 12.2. The largest absolute Gasteiger partial charge is 0.492 e. The van der Waals surface area contributed by atoms with Crippen molar-refractivity contribution in [3.8, 4) is 5.75 Å². The van der Waals surface area contributed by atoms with Gasteiger partial charge in [0, 0.05) is 17.6 Å². The van der Waals surface area contributed by atoms with Crippen molar-refractivity contribution >= 4 is 11.6 Å². The lowest BCUT2D eigenvalue weighted by Gasteiger charge is -2.22. The normalized spacial score (nSPS) is 17.2. The Kier molecular flexibility index (Phi) is 4.43. The van der Waals surface area contributed by atoms with Crippen LogP contribution in [-0.4, -0.2) is 19.1 Å². The predicted octanol–water partition coefficient (Wildman–Crippen LogP) is 2.54. The van der Waals surface area contributed by atoms with E-state index < -0.39 is 0 Å². The zero-order valence-corrected chi connectivity index (χ0v) is 11.4. The molecule has 104 valence electrons. The van der Waals surface area contributed by atoms with Crippen LogP contribution < -0.4 is 15.8 Å². The summed E-state index contributed by atoms with van der Waals surface area (Å²) in [6, 6.07) is 7.43.